The first-order valence-electron chi connectivity index (χ1n) is 6.60. The van der Waals surface area contributed by atoms with E-state index >= 15 is 0 Å². The highest BCUT2D eigenvalue weighted by molar-refractivity contribution is 5.35. The van der Waals surface area contributed by atoms with E-state index < -0.39 is 0 Å². The lowest BCUT2D eigenvalue weighted by Crippen LogP contribution is -2.25. The maximum atomic E-state index is 5.67. The molecule has 1 atom stereocenters. The van der Waals surface area contributed by atoms with Gasteiger partial charge in [-0.2, -0.15) is 0 Å². The van der Waals surface area contributed by atoms with E-state index in [1.54, 1.807) is 0 Å². The van der Waals surface area contributed by atoms with Crippen LogP contribution in [0.4, 0.5) is 0 Å². The molecule has 0 aromatic heterocycles. The van der Waals surface area contributed by atoms with E-state index in [0.29, 0.717) is 11.5 Å². The summed E-state index contributed by atoms with van der Waals surface area (Å²) < 4.78 is 5.67. The quantitative estimate of drug-likeness (QED) is 0.811. The fraction of sp³-hybridized carbons (Fsp3) is 0.600. The Bertz CT molecular complexity index is 371. The molecule has 1 aromatic carbocycles. The van der Waals surface area contributed by atoms with Gasteiger partial charge in [0, 0.05) is 18.2 Å². The van der Waals surface area contributed by atoms with Gasteiger partial charge in [0.05, 0.1) is 6.61 Å². The minimum Gasteiger partial charge on any atom is -0.494 e. The summed E-state index contributed by atoms with van der Waals surface area (Å²) in [6, 6.07) is 8.67. The molecule has 1 N–H and O–H groups in total. The van der Waals surface area contributed by atoms with Crippen LogP contribution in [-0.4, -0.2) is 13.2 Å². The fourth-order valence-corrected chi connectivity index (χ4v) is 2.02. The van der Waals surface area contributed by atoms with Gasteiger partial charge in [0.15, 0.2) is 0 Å². The number of para-hydroxylation sites is 1. The van der Waals surface area contributed by atoms with Gasteiger partial charge >= 0.3 is 0 Å². The molecule has 1 aliphatic carbocycles. The second-order valence-electron chi connectivity index (χ2n) is 5.38. The standard InChI is InChI=1S/C15H23NO/c1-4-17-14-8-6-5-7-13(14)12(2)16-11-15(3)9-10-15/h5-8,12,16H,4,9-11H2,1-3H3. The van der Waals surface area contributed by atoms with Crippen molar-refractivity contribution in [1.82, 2.24) is 5.32 Å². The van der Waals surface area contributed by atoms with Gasteiger partial charge in [-0.1, -0.05) is 25.1 Å². The fourth-order valence-electron chi connectivity index (χ4n) is 2.02. The van der Waals surface area contributed by atoms with Crippen LogP contribution in [0.1, 0.15) is 45.2 Å². The Morgan fingerprint density at radius 3 is 2.71 bits per heavy atom. The number of benzene rings is 1. The van der Waals surface area contributed by atoms with Crippen molar-refractivity contribution in [3.05, 3.63) is 29.8 Å². The summed E-state index contributed by atoms with van der Waals surface area (Å²) in [6.07, 6.45) is 2.72. The predicted molar refractivity (Wildman–Crippen MR) is 71.4 cm³/mol. The highest BCUT2D eigenvalue weighted by Crippen LogP contribution is 2.44. The third kappa shape index (κ3) is 3.22. The molecule has 2 nitrogen and oxygen atoms in total. The van der Waals surface area contributed by atoms with Crippen molar-refractivity contribution in [1.29, 1.82) is 0 Å². The smallest absolute Gasteiger partial charge is 0.124 e. The third-order valence-corrected chi connectivity index (χ3v) is 3.62. The molecule has 0 aliphatic heterocycles. The van der Waals surface area contributed by atoms with Crippen LogP contribution in [-0.2, 0) is 0 Å². The molecule has 2 heteroatoms. The zero-order chi connectivity index (χ0) is 12.3. The lowest BCUT2D eigenvalue weighted by molar-refractivity contribution is 0.331. The molecule has 0 spiro atoms. The van der Waals surface area contributed by atoms with E-state index in [4.69, 9.17) is 4.74 Å². The van der Waals surface area contributed by atoms with Gasteiger partial charge in [0.25, 0.3) is 0 Å². The average molecular weight is 233 g/mol. The van der Waals surface area contributed by atoms with Crippen molar-refractivity contribution in [3.63, 3.8) is 0 Å². The summed E-state index contributed by atoms with van der Waals surface area (Å²) in [5.41, 5.74) is 1.81. The lowest BCUT2D eigenvalue weighted by atomic mass is 10.1. The number of nitrogens with one attached hydrogen (secondary N) is 1. The zero-order valence-corrected chi connectivity index (χ0v) is 11.1. The van der Waals surface area contributed by atoms with Gasteiger partial charge in [-0.15, -0.1) is 0 Å². The van der Waals surface area contributed by atoms with Crippen molar-refractivity contribution in [2.45, 2.75) is 39.7 Å². The average Bonchev–Trinajstić information content (AvgIpc) is 3.06. The lowest BCUT2D eigenvalue weighted by Gasteiger charge is -2.20. The number of rotatable bonds is 6. The largest absolute Gasteiger partial charge is 0.494 e. The van der Waals surface area contributed by atoms with Crippen molar-refractivity contribution in [2.24, 2.45) is 5.41 Å². The Kier molecular flexibility index (Phi) is 3.72. The van der Waals surface area contributed by atoms with Crippen LogP contribution in [0.2, 0.25) is 0 Å². The van der Waals surface area contributed by atoms with Gasteiger partial charge in [-0.25, -0.2) is 0 Å². The van der Waals surface area contributed by atoms with E-state index in [-0.39, 0.29) is 0 Å². The van der Waals surface area contributed by atoms with Crippen LogP contribution < -0.4 is 10.1 Å². The topological polar surface area (TPSA) is 21.3 Å². The summed E-state index contributed by atoms with van der Waals surface area (Å²) in [7, 11) is 0. The SMILES string of the molecule is CCOc1ccccc1C(C)NCC1(C)CC1. The molecule has 17 heavy (non-hydrogen) atoms. The van der Waals surface area contributed by atoms with Crippen LogP contribution in [0.15, 0.2) is 24.3 Å². The van der Waals surface area contributed by atoms with E-state index in [0.717, 1.165) is 18.9 Å². The van der Waals surface area contributed by atoms with E-state index in [1.165, 1.54) is 18.4 Å². The first-order valence-corrected chi connectivity index (χ1v) is 6.60. The van der Waals surface area contributed by atoms with Crippen LogP contribution in [0.25, 0.3) is 0 Å². The Labute approximate surface area is 104 Å². The summed E-state index contributed by atoms with van der Waals surface area (Å²) in [6.45, 7) is 8.42. The molecule has 0 saturated heterocycles. The van der Waals surface area contributed by atoms with E-state index in [1.807, 2.05) is 13.0 Å². The summed E-state index contributed by atoms with van der Waals surface area (Å²) >= 11 is 0. The van der Waals surface area contributed by atoms with E-state index in [2.05, 4.69) is 37.4 Å². The summed E-state index contributed by atoms with van der Waals surface area (Å²) in [5.74, 6) is 1.01. The minimum absolute atomic E-state index is 0.357. The van der Waals surface area contributed by atoms with Crippen LogP contribution in [0.3, 0.4) is 0 Å². The molecule has 1 saturated carbocycles. The Balaban J connectivity index is 1.99. The maximum Gasteiger partial charge on any atom is 0.124 e. The predicted octanol–water partition coefficient (Wildman–Crippen LogP) is 3.54. The van der Waals surface area contributed by atoms with Crippen molar-refractivity contribution in [2.75, 3.05) is 13.2 Å². The number of ether oxygens (including phenoxy) is 1. The van der Waals surface area contributed by atoms with Gasteiger partial charge in [0.2, 0.25) is 0 Å². The first-order chi connectivity index (χ1) is 8.14. The molecule has 0 amide bonds. The van der Waals surface area contributed by atoms with Gasteiger partial charge < -0.3 is 10.1 Å². The molecule has 0 heterocycles. The molecule has 2 rings (SSSR count). The Morgan fingerprint density at radius 2 is 2.06 bits per heavy atom. The first kappa shape index (κ1) is 12.4. The molecule has 1 aromatic rings. The minimum atomic E-state index is 0.357. The Hall–Kier alpha value is -1.02. The monoisotopic (exact) mass is 233 g/mol. The van der Waals surface area contributed by atoms with Gasteiger partial charge in [0.1, 0.15) is 5.75 Å². The maximum absolute atomic E-state index is 5.67. The molecule has 1 fully saturated rings. The molecular weight excluding hydrogens is 210 g/mol. The van der Waals surface area contributed by atoms with Crippen LogP contribution >= 0.6 is 0 Å². The second kappa shape index (κ2) is 5.09. The normalized spacial score (nSPS) is 18.8. The summed E-state index contributed by atoms with van der Waals surface area (Å²) in [4.78, 5) is 0. The molecule has 0 bridgehead atoms. The zero-order valence-electron chi connectivity index (χ0n) is 11.1. The highest BCUT2D eigenvalue weighted by Gasteiger charge is 2.37. The molecule has 1 unspecified atom stereocenters. The van der Waals surface area contributed by atoms with Crippen molar-refractivity contribution < 1.29 is 4.74 Å². The van der Waals surface area contributed by atoms with Crippen LogP contribution in [0, 0.1) is 5.41 Å². The highest BCUT2D eigenvalue weighted by atomic mass is 16.5. The van der Waals surface area contributed by atoms with Crippen molar-refractivity contribution >= 4 is 0 Å². The van der Waals surface area contributed by atoms with Crippen molar-refractivity contribution in [3.8, 4) is 5.75 Å². The third-order valence-electron chi connectivity index (χ3n) is 3.62. The van der Waals surface area contributed by atoms with Gasteiger partial charge in [-0.05, 0) is 38.2 Å². The second-order valence-corrected chi connectivity index (χ2v) is 5.38. The molecule has 1 aliphatic rings. The molecule has 0 radical (unpaired) electrons. The summed E-state index contributed by atoms with van der Waals surface area (Å²) in [5, 5.41) is 3.62. The van der Waals surface area contributed by atoms with Crippen LogP contribution in [0.5, 0.6) is 5.75 Å². The number of hydrogen-bond donors (Lipinski definition) is 1. The number of hydrogen-bond acceptors (Lipinski definition) is 2. The molecular formula is C15H23NO. The van der Waals surface area contributed by atoms with E-state index in [9.17, 15) is 0 Å². The van der Waals surface area contributed by atoms with Gasteiger partial charge in [-0.3, -0.25) is 0 Å². The molecule has 94 valence electrons. The Morgan fingerprint density at radius 1 is 1.35 bits per heavy atom.